The standard InChI is InChI=1S/C17H16FN3O3S/c1-17(12-6-7-25-10-12)15(23)21(16(24)20-17)9-14(22)19-8-11-4-2-3-5-13(11)18/h2-7,10H,8-9H2,1H3,(H,19,22)(H,20,24)/t17-/m1/s1. The van der Waals surface area contributed by atoms with E-state index in [2.05, 4.69) is 10.6 Å². The summed E-state index contributed by atoms with van der Waals surface area (Å²) in [7, 11) is 0. The topological polar surface area (TPSA) is 78.5 Å². The predicted molar refractivity (Wildman–Crippen MR) is 90.2 cm³/mol. The summed E-state index contributed by atoms with van der Waals surface area (Å²) in [4.78, 5) is 37.7. The first-order valence-corrected chi connectivity index (χ1v) is 8.53. The Bertz CT molecular complexity index is 824. The van der Waals surface area contributed by atoms with Crippen LogP contribution >= 0.6 is 11.3 Å². The lowest BCUT2D eigenvalue weighted by molar-refractivity contribution is -0.134. The van der Waals surface area contributed by atoms with E-state index in [1.54, 1.807) is 36.6 Å². The molecule has 8 heteroatoms. The zero-order valence-corrected chi connectivity index (χ0v) is 14.2. The number of hydrogen-bond donors (Lipinski definition) is 2. The molecule has 1 aliphatic heterocycles. The van der Waals surface area contributed by atoms with Gasteiger partial charge in [0.2, 0.25) is 5.91 Å². The van der Waals surface area contributed by atoms with Crippen molar-refractivity contribution in [1.29, 1.82) is 0 Å². The number of imide groups is 1. The van der Waals surface area contributed by atoms with Crippen LogP contribution in [-0.2, 0) is 21.7 Å². The Morgan fingerprint density at radius 2 is 2.08 bits per heavy atom. The summed E-state index contributed by atoms with van der Waals surface area (Å²) in [5.74, 6) is -1.46. The summed E-state index contributed by atoms with van der Waals surface area (Å²) < 4.78 is 13.5. The van der Waals surface area contributed by atoms with E-state index in [4.69, 9.17) is 0 Å². The van der Waals surface area contributed by atoms with Crippen molar-refractivity contribution >= 4 is 29.2 Å². The summed E-state index contributed by atoms with van der Waals surface area (Å²) in [6, 6.07) is 7.19. The van der Waals surface area contributed by atoms with Crippen molar-refractivity contribution in [2.24, 2.45) is 0 Å². The molecule has 1 saturated heterocycles. The first kappa shape index (κ1) is 17.1. The second-order valence-corrected chi connectivity index (χ2v) is 6.61. The van der Waals surface area contributed by atoms with Crippen molar-refractivity contribution in [3.8, 4) is 0 Å². The average Bonchev–Trinajstić information content (AvgIpc) is 3.19. The van der Waals surface area contributed by atoms with Crippen molar-refractivity contribution in [1.82, 2.24) is 15.5 Å². The van der Waals surface area contributed by atoms with Crippen LogP contribution in [0.15, 0.2) is 41.1 Å². The normalized spacial score (nSPS) is 19.8. The lowest BCUT2D eigenvalue weighted by Crippen LogP contribution is -2.43. The van der Waals surface area contributed by atoms with Crippen LogP contribution < -0.4 is 10.6 Å². The summed E-state index contributed by atoms with van der Waals surface area (Å²) in [5.41, 5.74) is -0.176. The lowest BCUT2D eigenvalue weighted by atomic mass is 9.95. The number of urea groups is 1. The van der Waals surface area contributed by atoms with Crippen LogP contribution in [0.2, 0.25) is 0 Å². The zero-order valence-electron chi connectivity index (χ0n) is 13.4. The van der Waals surface area contributed by atoms with Crippen molar-refractivity contribution in [3.05, 3.63) is 58.0 Å². The minimum atomic E-state index is -1.18. The van der Waals surface area contributed by atoms with Crippen molar-refractivity contribution in [2.75, 3.05) is 6.54 Å². The quantitative estimate of drug-likeness (QED) is 0.800. The predicted octanol–water partition coefficient (Wildman–Crippen LogP) is 1.97. The summed E-state index contributed by atoms with van der Waals surface area (Å²) >= 11 is 1.41. The highest BCUT2D eigenvalue weighted by Gasteiger charge is 2.49. The fourth-order valence-electron chi connectivity index (χ4n) is 2.62. The molecule has 6 nitrogen and oxygen atoms in total. The molecule has 2 aromatic rings. The molecule has 1 aliphatic rings. The third-order valence-electron chi connectivity index (χ3n) is 4.11. The van der Waals surface area contributed by atoms with Gasteiger partial charge in [-0.15, -0.1) is 0 Å². The van der Waals surface area contributed by atoms with Gasteiger partial charge in [0, 0.05) is 12.1 Å². The molecule has 0 spiro atoms. The van der Waals surface area contributed by atoms with Gasteiger partial charge < -0.3 is 10.6 Å². The van der Waals surface area contributed by atoms with Gasteiger partial charge in [-0.25, -0.2) is 9.18 Å². The summed E-state index contributed by atoms with van der Waals surface area (Å²) in [6.45, 7) is 1.17. The van der Waals surface area contributed by atoms with Crippen LogP contribution in [0.3, 0.4) is 0 Å². The maximum atomic E-state index is 13.5. The van der Waals surface area contributed by atoms with Crippen LogP contribution in [0.5, 0.6) is 0 Å². The van der Waals surface area contributed by atoms with Crippen molar-refractivity contribution in [3.63, 3.8) is 0 Å². The molecule has 0 bridgehead atoms. The Morgan fingerprint density at radius 1 is 1.32 bits per heavy atom. The van der Waals surface area contributed by atoms with Crippen LogP contribution in [-0.4, -0.2) is 29.3 Å². The Balaban J connectivity index is 1.64. The number of carbonyl (C=O) groups is 3. The Morgan fingerprint density at radius 3 is 2.76 bits per heavy atom. The minimum Gasteiger partial charge on any atom is -0.350 e. The molecule has 1 fully saturated rings. The number of carbonyl (C=O) groups excluding carboxylic acids is 3. The molecule has 25 heavy (non-hydrogen) atoms. The fourth-order valence-corrected chi connectivity index (χ4v) is 3.38. The summed E-state index contributed by atoms with van der Waals surface area (Å²) in [6.07, 6.45) is 0. The van der Waals surface area contributed by atoms with E-state index in [9.17, 15) is 18.8 Å². The maximum absolute atomic E-state index is 13.5. The number of hydrogen-bond acceptors (Lipinski definition) is 4. The van der Waals surface area contributed by atoms with Gasteiger partial charge in [-0.1, -0.05) is 18.2 Å². The molecule has 2 heterocycles. The molecule has 3 rings (SSSR count). The largest absolute Gasteiger partial charge is 0.350 e. The third kappa shape index (κ3) is 3.25. The molecule has 0 aliphatic carbocycles. The summed E-state index contributed by atoms with van der Waals surface area (Å²) in [5, 5.41) is 8.73. The maximum Gasteiger partial charge on any atom is 0.325 e. The van der Waals surface area contributed by atoms with Gasteiger partial charge in [-0.2, -0.15) is 11.3 Å². The SMILES string of the molecule is C[C@]1(c2ccsc2)NC(=O)N(CC(=O)NCc2ccccc2F)C1=O. The van der Waals surface area contributed by atoms with Gasteiger partial charge in [-0.3, -0.25) is 14.5 Å². The van der Waals surface area contributed by atoms with Crippen LogP contribution in [0.25, 0.3) is 0 Å². The van der Waals surface area contributed by atoms with E-state index in [1.807, 2.05) is 5.38 Å². The van der Waals surface area contributed by atoms with E-state index in [0.29, 0.717) is 11.1 Å². The molecule has 0 saturated carbocycles. The van der Waals surface area contributed by atoms with Gasteiger partial charge in [0.25, 0.3) is 5.91 Å². The lowest BCUT2D eigenvalue weighted by Gasteiger charge is -2.20. The monoisotopic (exact) mass is 361 g/mol. The van der Waals surface area contributed by atoms with Gasteiger partial charge in [0.05, 0.1) is 0 Å². The highest BCUT2D eigenvalue weighted by atomic mass is 32.1. The van der Waals surface area contributed by atoms with Gasteiger partial charge in [0.15, 0.2) is 0 Å². The first-order valence-electron chi connectivity index (χ1n) is 7.58. The average molecular weight is 361 g/mol. The smallest absolute Gasteiger partial charge is 0.325 e. The van der Waals surface area contributed by atoms with Gasteiger partial charge >= 0.3 is 6.03 Å². The second-order valence-electron chi connectivity index (χ2n) is 5.83. The highest BCUT2D eigenvalue weighted by molar-refractivity contribution is 7.08. The third-order valence-corrected chi connectivity index (χ3v) is 4.79. The van der Waals surface area contributed by atoms with E-state index in [0.717, 1.165) is 4.90 Å². The zero-order chi connectivity index (χ0) is 18.0. The molecule has 1 aromatic heterocycles. The van der Waals surface area contributed by atoms with Gasteiger partial charge in [-0.05, 0) is 35.4 Å². The number of benzene rings is 1. The van der Waals surface area contributed by atoms with Gasteiger partial charge in [0.1, 0.15) is 17.9 Å². The van der Waals surface area contributed by atoms with Crippen LogP contribution in [0.4, 0.5) is 9.18 Å². The van der Waals surface area contributed by atoms with Crippen molar-refractivity contribution in [2.45, 2.75) is 19.0 Å². The van der Waals surface area contributed by atoms with E-state index in [1.165, 1.54) is 17.4 Å². The van der Waals surface area contributed by atoms with Crippen molar-refractivity contribution < 1.29 is 18.8 Å². The molecule has 1 atom stereocenters. The number of rotatable bonds is 5. The van der Waals surface area contributed by atoms with Crippen LogP contribution in [0, 0.1) is 5.82 Å². The van der Waals surface area contributed by atoms with E-state index in [-0.39, 0.29) is 6.54 Å². The molecular weight excluding hydrogens is 345 g/mol. The number of thiophene rings is 1. The Labute approximate surface area is 147 Å². The first-order chi connectivity index (χ1) is 11.9. The number of halogens is 1. The molecule has 0 unspecified atom stereocenters. The highest BCUT2D eigenvalue weighted by Crippen LogP contribution is 2.30. The van der Waals surface area contributed by atoms with E-state index >= 15 is 0 Å². The van der Waals surface area contributed by atoms with E-state index < -0.39 is 35.7 Å². The number of nitrogens with one attached hydrogen (secondary N) is 2. The fraction of sp³-hybridized carbons (Fsp3) is 0.235. The molecule has 130 valence electrons. The Kier molecular flexibility index (Phi) is 4.54. The molecule has 2 N–H and O–H groups in total. The molecular formula is C17H16FN3O3S. The number of nitrogens with zero attached hydrogens (tertiary/aromatic N) is 1. The molecule has 4 amide bonds. The molecule has 0 radical (unpaired) electrons. The minimum absolute atomic E-state index is 0.0169. The number of amides is 4. The van der Waals surface area contributed by atoms with Crippen LogP contribution in [0.1, 0.15) is 18.1 Å². The Hall–Kier alpha value is -2.74. The second kappa shape index (κ2) is 6.64. The molecule has 1 aromatic carbocycles.